The number of aryl methyl sites for hydroxylation is 1. The van der Waals surface area contributed by atoms with Crippen LogP contribution >= 0.6 is 11.6 Å². The fraction of sp³-hybridized carbons (Fsp3) is 0.125. The van der Waals surface area contributed by atoms with Crippen LogP contribution in [0.4, 0.5) is 11.5 Å². The van der Waals surface area contributed by atoms with Crippen molar-refractivity contribution in [2.75, 3.05) is 5.32 Å². The van der Waals surface area contributed by atoms with Crippen LogP contribution < -0.4 is 5.32 Å². The maximum atomic E-state index is 6.18. The number of hydrogen-bond donors (Lipinski definition) is 1. The highest BCUT2D eigenvalue weighted by molar-refractivity contribution is 6.31. The summed E-state index contributed by atoms with van der Waals surface area (Å²) in [5.74, 6) is 0.594. The Balaban J connectivity index is 1.94. The van der Waals surface area contributed by atoms with Crippen LogP contribution in [0, 0.1) is 13.8 Å². The van der Waals surface area contributed by atoms with E-state index in [9.17, 15) is 0 Å². The number of halogens is 1. The minimum atomic E-state index is 0.572. The van der Waals surface area contributed by atoms with E-state index in [-0.39, 0.29) is 0 Å². The van der Waals surface area contributed by atoms with E-state index in [1.165, 1.54) is 0 Å². The molecular weight excluding hydrogens is 312 g/mol. The van der Waals surface area contributed by atoms with Crippen LogP contribution in [0.15, 0.2) is 36.4 Å². The molecule has 114 valence electrons. The van der Waals surface area contributed by atoms with E-state index in [0.29, 0.717) is 16.5 Å². The quantitative estimate of drug-likeness (QED) is 0.609. The van der Waals surface area contributed by atoms with Gasteiger partial charge in [0.25, 0.3) is 0 Å². The number of aromatic nitrogens is 5. The van der Waals surface area contributed by atoms with Crippen LogP contribution in [-0.4, -0.2) is 25.0 Å². The van der Waals surface area contributed by atoms with Gasteiger partial charge >= 0.3 is 0 Å². The maximum Gasteiger partial charge on any atom is 0.222 e. The first-order valence-corrected chi connectivity index (χ1v) is 7.52. The van der Waals surface area contributed by atoms with Crippen molar-refractivity contribution in [1.82, 2.24) is 25.0 Å². The van der Waals surface area contributed by atoms with E-state index in [2.05, 4.69) is 25.8 Å². The summed E-state index contributed by atoms with van der Waals surface area (Å²) in [4.78, 5) is 4.67. The first kappa shape index (κ1) is 13.9. The number of anilines is 2. The monoisotopic (exact) mass is 324 g/mol. The van der Waals surface area contributed by atoms with E-state index in [1.54, 1.807) is 4.52 Å². The fourth-order valence-electron chi connectivity index (χ4n) is 2.52. The average Bonchev–Trinajstić information content (AvgIpc) is 3.02. The Hall–Kier alpha value is -2.73. The highest BCUT2D eigenvalue weighted by Gasteiger charge is 2.13. The van der Waals surface area contributed by atoms with Gasteiger partial charge in [-0.25, -0.2) is 4.98 Å². The molecule has 2 aromatic carbocycles. The van der Waals surface area contributed by atoms with E-state index < -0.39 is 0 Å². The highest BCUT2D eigenvalue weighted by atomic mass is 35.5. The summed E-state index contributed by atoms with van der Waals surface area (Å²) in [7, 11) is 0. The smallest absolute Gasteiger partial charge is 0.222 e. The molecule has 23 heavy (non-hydrogen) atoms. The van der Waals surface area contributed by atoms with Crippen molar-refractivity contribution in [2.24, 2.45) is 0 Å². The van der Waals surface area contributed by atoms with Crippen LogP contribution in [0.25, 0.3) is 16.7 Å². The number of benzene rings is 2. The Morgan fingerprint density at radius 1 is 1.13 bits per heavy atom. The molecule has 4 rings (SSSR count). The van der Waals surface area contributed by atoms with Crippen molar-refractivity contribution in [2.45, 2.75) is 13.8 Å². The predicted octanol–water partition coefficient (Wildman–Crippen LogP) is 3.69. The zero-order valence-electron chi connectivity index (χ0n) is 12.6. The van der Waals surface area contributed by atoms with Crippen molar-refractivity contribution in [3.05, 3.63) is 52.5 Å². The second-order valence-electron chi connectivity index (χ2n) is 5.40. The Kier molecular flexibility index (Phi) is 3.12. The average molecular weight is 325 g/mol. The Bertz CT molecular complexity index is 1040. The van der Waals surface area contributed by atoms with Crippen LogP contribution in [0.1, 0.15) is 11.1 Å². The molecule has 0 saturated heterocycles. The molecular formula is C16H13ClN6. The van der Waals surface area contributed by atoms with Gasteiger partial charge in [-0.3, -0.25) is 0 Å². The second-order valence-corrected chi connectivity index (χ2v) is 5.81. The molecule has 0 bridgehead atoms. The topological polar surface area (TPSA) is 68.0 Å². The summed E-state index contributed by atoms with van der Waals surface area (Å²) in [6.07, 6.45) is 0. The van der Waals surface area contributed by atoms with Gasteiger partial charge in [0.05, 0.1) is 11.0 Å². The van der Waals surface area contributed by atoms with Gasteiger partial charge in [-0.2, -0.15) is 4.52 Å². The van der Waals surface area contributed by atoms with E-state index in [0.717, 1.165) is 27.8 Å². The van der Waals surface area contributed by atoms with Gasteiger partial charge in [0.1, 0.15) is 0 Å². The number of fused-ring (bicyclic) bond motifs is 3. The molecule has 0 amide bonds. The zero-order chi connectivity index (χ0) is 16.0. The predicted molar refractivity (Wildman–Crippen MR) is 90.3 cm³/mol. The van der Waals surface area contributed by atoms with Crippen molar-refractivity contribution in [3.8, 4) is 0 Å². The molecule has 4 aromatic rings. The first-order valence-electron chi connectivity index (χ1n) is 7.14. The molecule has 2 heterocycles. The largest absolute Gasteiger partial charge is 0.337 e. The molecule has 0 unspecified atom stereocenters. The molecule has 0 saturated carbocycles. The molecule has 0 aliphatic rings. The van der Waals surface area contributed by atoms with Crippen LogP contribution in [0.3, 0.4) is 0 Å². The summed E-state index contributed by atoms with van der Waals surface area (Å²) in [6.45, 7) is 3.98. The molecule has 1 N–H and O–H groups in total. The molecule has 0 aliphatic carbocycles. The summed E-state index contributed by atoms with van der Waals surface area (Å²) < 4.78 is 1.69. The van der Waals surface area contributed by atoms with Gasteiger partial charge in [-0.1, -0.05) is 23.7 Å². The summed E-state index contributed by atoms with van der Waals surface area (Å²) >= 11 is 6.18. The maximum absolute atomic E-state index is 6.18. The Labute approximate surface area is 137 Å². The van der Waals surface area contributed by atoms with Gasteiger partial charge in [0, 0.05) is 10.7 Å². The molecule has 0 fully saturated rings. The SMILES string of the molecule is Cc1ccc2nc(Nc3cccc(Cl)c3C)c3nnnn3c2c1. The molecule has 0 aliphatic heterocycles. The van der Waals surface area contributed by atoms with Crippen molar-refractivity contribution in [1.29, 1.82) is 0 Å². The number of nitrogens with zero attached hydrogens (tertiary/aromatic N) is 5. The molecule has 0 radical (unpaired) electrons. The van der Waals surface area contributed by atoms with Crippen molar-refractivity contribution < 1.29 is 0 Å². The Morgan fingerprint density at radius 2 is 2.00 bits per heavy atom. The standard InChI is InChI=1S/C16H13ClN6/c1-9-6-7-13-14(8-9)23-16(20-21-22-23)15(19-13)18-12-5-3-4-11(17)10(12)2/h3-8H,1-2H3,(H,18,19). The van der Waals surface area contributed by atoms with E-state index in [4.69, 9.17) is 11.6 Å². The number of nitrogens with one attached hydrogen (secondary N) is 1. The third-order valence-corrected chi connectivity index (χ3v) is 4.20. The van der Waals surface area contributed by atoms with Gasteiger partial charge in [0.15, 0.2) is 5.82 Å². The number of hydrogen-bond acceptors (Lipinski definition) is 5. The molecule has 0 atom stereocenters. The lowest BCUT2D eigenvalue weighted by atomic mass is 10.2. The van der Waals surface area contributed by atoms with E-state index in [1.807, 2.05) is 50.2 Å². The van der Waals surface area contributed by atoms with E-state index >= 15 is 0 Å². The summed E-state index contributed by atoms with van der Waals surface area (Å²) in [5, 5.41) is 15.9. The van der Waals surface area contributed by atoms with Gasteiger partial charge < -0.3 is 5.32 Å². The third-order valence-electron chi connectivity index (χ3n) is 3.79. The molecule has 6 nitrogen and oxygen atoms in total. The van der Waals surface area contributed by atoms with Gasteiger partial charge in [-0.15, -0.1) is 5.10 Å². The van der Waals surface area contributed by atoms with Crippen molar-refractivity contribution in [3.63, 3.8) is 0 Å². The third kappa shape index (κ3) is 2.27. The fourth-order valence-corrected chi connectivity index (χ4v) is 2.69. The van der Waals surface area contributed by atoms with Gasteiger partial charge in [-0.05, 0) is 59.7 Å². The normalized spacial score (nSPS) is 11.3. The lowest BCUT2D eigenvalue weighted by molar-refractivity contribution is 0.840. The summed E-state index contributed by atoms with van der Waals surface area (Å²) in [5.41, 5.74) is 5.22. The zero-order valence-corrected chi connectivity index (χ0v) is 13.3. The molecule has 7 heteroatoms. The number of tetrazole rings is 1. The van der Waals surface area contributed by atoms with Crippen molar-refractivity contribution >= 4 is 39.8 Å². The first-order chi connectivity index (χ1) is 11.1. The summed E-state index contributed by atoms with van der Waals surface area (Å²) in [6, 6.07) is 11.7. The Morgan fingerprint density at radius 3 is 2.87 bits per heavy atom. The van der Waals surface area contributed by atoms with Crippen LogP contribution in [-0.2, 0) is 0 Å². The van der Waals surface area contributed by atoms with Crippen LogP contribution in [0.2, 0.25) is 5.02 Å². The lowest BCUT2D eigenvalue weighted by Crippen LogP contribution is -2.02. The minimum Gasteiger partial charge on any atom is -0.337 e. The lowest BCUT2D eigenvalue weighted by Gasteiger charge is -2.11. The minimum absolute atomic E-state index is 0.572. The molecule has 0 spiro atoms. The molecule has 2 aromatic heterocycles. The highest BCUT2D eigenvalue weighted by Crippen LogP contribution is 2.28. The number of rotatable bonds is 2. The second kappa shape index (κ2) is 5.17. The van der Waals surface area contributed by atoms with Crippen LogP contribution in [0.5, 0.6) is 0 Å². The van der Waals surface area contributed by atoms with Gasteiger partial charge in [0.2, 0.25) is 5.65 Å².